The molecule has 0 heterocycles. The molecule has 0 bridgehead atoms. The first kappa shape index (κ1) is 17.3. The van der Waals surface area contributed by atoms with Crippen LogP contribution in [0, 0.1) is 6.92 Å². The Balaban J connectivity index is 2.67. The van der Waals surface area contributed by atoms with Crippen molar-refractivity contribution < 1.29 is 22.7 Å². The Morgan fingerprint density at radius 2 is 2.05 bits per heavy atom. The summed E-state index contributed by atoms with van der Waals surface area (Å²) in [5.41, 5.74) is 1.87. The highest BCUT2D eigenvalue weighted by molar-refractivity contribution is 5.95. The van der Waals surface area contributed by atoms with Crippen LogP contribution in [0.4, 0.5) is 18.9 Å². The molecule has 1 unspecified atom stereocenters. The third kappa shape index (κ3) is 6.06. The summed E-state index contributed by atoms with van der Waals surface area (Å²) in [6.07, 6.45) is -4.50. The zero-order chi connectivity index (χ0) is 16.0. The SMILES string of the molecule is COC(=O)c1cc(C)ccc1NC(C)CCCC(F)(F)F. The lowest BCUT2D eigenvalue weighted by molar-refractivity contribution is -0.135. The van der Waals surface area contributed by atoms with E-state index < -0.39 is 18.6 Å². The van der Waals surface area contributed by atoms with Gasteiger partial charge < -0.3 is 10.1 Å². The predicted molar refractivity (Wildman–Crippen MR) is 75.5 cm³/mol. The molecule has 0 amide bonds. The van der Waals surface area contributed by atoms with Crippen molar-refractivity contribution in [3.05, 3.63) is 29.3 Å². The van der Waals surface area contributed by atoms with Crippen molar-refractivity contribution in [2.24, 2.45) is 0 Å². The number of benzene rings is 1. The van der Waals surface area contributed by atoms with E-state index in [-0.39, 0.29) is 12.5 Å². The van der Waals surface area contributed by atoms with Gasteiger partial charge in [0, 0.05) is 18.2 Å². The zero-order valence-corrected chi connectivity index (χ0v) is 12.4. The first-order chi connectivity index (χ1) is 9.73. The Hall–Kier alpha value is -1.72. The molecule has 0 aliphatic rings. The van der Waals surface area contributed by atoms with Crippen molar-refractivity contribution in [2.45, 2.75) is 45.3 Å². The first-order valence-corrected chi connectivity index (χ1v) is 6.75. The molecule has 3 nitrogen and oxygen atoms in total. The molecule has 1 aromatic rings. The first-order valence-electron chi connectivity index (χ1n) is 6.75. The summed E-state index contributed by atoms with van der Waals surface area (Å²) in [5, 5.41) is 3.07. The van der Waals surface area contributed by atoms with Crippen LogP contribution in [-0.2, 0) is 4.74 Å². The highest BCUT2D eigenvalue weighted by Crippen LogP contribution is 2.24. The number of hydrogen-bond donors (Lipinski definition) is 1. The van der Waals surface area contributed by atoms with Crippen molar-refractivity contribution in [1.82, 2.24) is 0 Å². The normalized spacial score (nSPS) is 12.9. The fourth-order valence-electron chi connectivity index (χ4n) is 2.01. The highest BCUT2D eigenvalue weighted by atomic mass is 19.4. The van der Waals surface area contributed by atoms with Crippen LogP contribution in [0.5, 0.6) is 0 Å². The second kappa shape index (κ2) is 7.33. The van der Waals surface area contributed by atoms with Crippen LogP contribution in [0.3, 0.4) is 0 Å². The molecule has 0 aromatic heterocycles. The Morgan fingerprint density at radius 3 is 2.62 bits per heavy atom. The third-order valence-electron chi connectivity index (χ3n) is 3.08. The molecule has 1 atom stereocenters. The molecule has 1 rings (SSSR count). The van der Waals surface area contributed by atoms with E-state index in [4.69, 9.17) is 4.74 Å². The number of esters is 1. The lowest BCUT2D eigenvalue weighted by Crippen LogP contribution is -2.19. The molecule has 118 valence electrons. The number of ether oxygens (including phenoxy) is 1. The number of nitrogens with one attached hydrogen (secondary N) is 1. The van der Waals surface area contributed by atoms with Gasteiger partial charge >= 0.3 is 12.1 Å². The number of methoxy groups -OCH3 is 1. The molecule has 0 saturated carbocycles. The van der Waals surface area contributed by atoms with Gasteiger partial charge in [0.1, 0.15) is 0 Å². The predicted octanol–water partition coefficient (Wildman–Crippen LogP) is 4.31. The smallest absolute Gasteiger partial charge is 0.389 e. The Labute approximate surface area is 122 Å². The Morgan fingerprint density at radius 1 is 1.38 bits per heavy atom. The number of aryl methyl sites for hydroxylation is 1. The third-order valence-corrected chi connectivity index (χ3v) is 3.08. The number of rotatable bonds is 6. The van der Waals surface area contributed by atoms with Crippen LogP contribution in [0.2, 0.25) is 0 Å². The summed E-state index contributed by atoms with van der Waals surface area (Å²) in [5.74, 6) is -0.469. The topological polar surface area (TPSA) is 38.3 Å². The molecular weight excluding hydrogens is 283 g/mol. The summed E-state index contributed by atoms with van der Waals surface area (Å²) in [7, 11) is 1.29. The van der Waals surface area contributed by atoms with Gasteiger partial charge in [-0.2, -0.15) is 13.2 Å². The van der Waals surface area contributed by atoms with Crippen molar-refractivity contribution in [1.29, 1.82) is 0 Å². The van der Waals surface area contributed by atoms with Crippen LogP contribution < -0.4 is 5.32 Å². The molecule has 21 heavy (non-hydrogen) atoms. The number of halogens is 3. The van der Waals surface area contributed by atoms with E-state index in [9.17, 15) is 18.0 Å². The van der Waals surface area contributed by atoms with E-state index in [0.717, 1.165) is 5.56 Å². The van der Waals surface area contributed by atoms with E-state index >= 15 is 0 Å². The van der Waals surface area contributed by atoms with E-state index in [1.807, 2.05) is 13.0 Å². The largest absolute Gasteiger partial charge is 0.465 e. The van der Waals surface area contributed by atoms with Crippen LogP contribution in [0.15, 0.2) is 18.2 Å². The van der Waals surface area contributed by atoms with E-state index in [1.54, 1.807) is 19.1 Å². The number of carbonyl (C=O) groups excluding carboxylic acids is 1. The molecule has 0 radical (unpaired) electrons. The van der Waals surface area contributed by atoms with Gasteiger partial charge in [-0.05, 0) is 38.8 Å². The molecule has 0 aliphatic carbocycles. The van der Waals surface area contributed by atoms with Gasteiger partial charge in [0.15, 0.2) is 0 Å². The summed E-state index contributed by atoms with van der Waals surface area (Å²) in [6, 6.07) is 5.09. The van der Waals surface area contributed by atoms with Crippen LogP contribution in [-0.4, -0.2) is 25.3 Å². The zero-order valence-electron chi connectivity index (χ0n) is 12.4. The molecule has 6 heteroatoms. The Kier molecular flexibility index (Phi) is 6.05. The molecular formula is C15H20F3NO2. The summed E-state index contributed by atoms with van der Waals surface area (Å²) >= 11 is 0. The van der Waals surface area contributed by atoms with Crippen LogP contribution in [0.1, 0.15) is 42.1 Å². The molecule has 1 aromatic carbocycles. The van der Waals surface area contributed by atoms with Crippen molar-refractivity contribution >= 4 is 11.7 Å². The minimum atomic E-state index is -4.12. The molecule has 0 spiro atoms. The van der Waals surface area contributed by atoms with Gasteiger partial charge in [0.2, 0.25) is 0 Å². The van der Waals surface area contributed by atoms with E-state index in [2.05, 4.69) is 5.32 Å². The second-order valence-electron chi connectivity index (χ2n) is 5.09. The molecule has 1 N–H and O–H groups in total. The molecule has 0 saturated heterocycles. The number of carbonyl (C=O) groups is 1. The molecule has 0 aliphatic heterocycles. The number of anilines is 1. The quantitative estimate of drug-likeness (QED) is 0.796. The van der Waals surface area contributed by atoms with Gasteiger partial charge in [0.05, 0.1) is 12.7 Å². The fourth-order valence-corrected chi connectivity index (χ4v) is 2.01. The van der Waals surface area contributed by atoms with Crippen molar-refractivity contribution in [3.8, 4) is 0 Å². The standard InChI is InChI=1S/C15H20F3NO2/c1-10-6-7-13(12(9-10)14(20)21-3)19-11(2)5-4-8-15(16,17)18/h6-7,9,11,19H,4-5,8H2,1-3H3. The van der Waals surface area contributed by atoms with Gasteiger partial charge in [-0.1, -0.05) is 11.6 Å². The van der Waals surface area contributed by atoms with Crippen LogP contribution >= 0.6 is 0 Å². The monoisotopic (exact) mass is 303 g/mol. The maximum Gasteiger partial charge on any atom is 0.389 e. The minimum absolute atomic E-state index is 0.0527. The lowest BCUT2D eigenvalue weighted by atomic mass is 10.1. The van der Waals surface area contributed by atoms with Gasteiger partial charge in [-0.15, -0.1) is 0 Å². The number of alkyl halides is 3. The average Bonchev–Trinajstić information content (AvgIpc) is 2.38. The average molecular weight is 303 g/mol. The van der Waals surface area contributed by atoms with Gasteiger partial charge in [-0.25, -0.2) is 4.79 Å². The summed E-state index contributed by atoms with van der Waals surface area (Å²) < 4.78 is 41.0. The lowest BCUT2D eigenvalue weighted by Gasteiger charge is -2.18. The highest BCUT2D eigenvalue weighted by Gasteiger charge is 2.26. The van der Waals surface area contributed by atoms with Crippen molar-refractivity contribution in [3.63, 3.8) is 0 Å². The molecule has 0 fully saturated rings. The maximum absolute atomic E-state index is 12.1. The van der Waals surface area contributed by atoms with E-state index in [0.29, 0.717) is 17.7 Å². The van der Waals surface area contributed by atoms with Crippen molar-refractivity contribution in [2.75, 3.05) is 12.4 Å². The fraction of sp³-hybridized carbons (Fsp3) is 0.533. The Bertz CT molecular complexity index is 486. The van der Waals surface area contributed by atoms with Gasteiger partial charge in [0.25, 0.3) is 0 Å². The number of hydrogen-bond acceptors (Lipinski definition) is 3. The van der Waals surface area contributed by atoms with E-state index in [1.165, 1.54) is 7.11 Å². The summed E-state index contributed by atoms with van der Waals surface area (Å²) in [6.45, 7) is 3.64. The maximum atomic E-state index is 12.1. The summed E-state index contributed by atoms with van der Waals surface area (Å²) in [4.78, 5) is 11.7. The van der Waals surface area contributed by atoms with Crippen LogP contribution in [0.25, 0.3) is 0 Å². The minimum Gasteiger partial charge on any atom is -0.465 e. The van der Waals surface area contributed by atoms with Gasteiger partial charge in [-0.3, -0.25) is 0 Å². The second-order valence-corrected chi connectivity index (χ2v) is 5.09.